The van der Waals surface area contributed by atoms with Crippen molar-refractivity contribution < 1.29 is 9.53 Å². The van der Waals surface area contributed by atoms with Crippen molar-refractivity contribution >= 4 is 33.3 Å². The van der Waals surface area contributed by atoms with Crippen molar-refractivity contribution in [3.8, 4) is 0 Å². The molecule has 82 valence electrons. The van der Waals surface area contributed by atoms with E-state index in [9.17, 15) is 4.79 Å². The molecule has 0 aliphatic rings. The molecule has 0 aliphatic carbocycles. The SMILES string of the molecule is CCCOCC(=O)c1ccc(Cl)cc1Br. The summed E-state index contributed by atoms with van der Waals surface area (Å²) >= 11 is 9.07. The zero-order chi connectivity index (χ0) is 11.3. The molecule has 0 amide bonds. The molecular formula is C11H12BrClO2. The fraction of sp³-hybridized carbons (Fsp3) is 0.364. The largest absolute Gasteiger partial charge is 0.373 e. The molecule has 0 atom stereocenters. The van der Waals surface area contributed by atoms with Crippen LogP contribution >= 0.6 is 27.5 Å². The standard InChI is InChI=1S/C11H12BrClO2/c1-2-5-15-7-11(14)9-4-3-8(13)6-10(9)12/h3-4,6H,2,5,7H2,1H3. The Morgan fingerprint density at radius 1 is 1.53 bits per heavy atom. The number of hydrogen-bond donors (Lipinski definition) is 0. The van der Waals surface area contributed by atoms with Crippen LogP contribution in [0, 0.1) is 0 Å². The minimum Gasteiger partial charge on any atom is -0.373 e. The topological polar surface area (TPSA) is 26.3 Å². The Morgan fingerprint density at radius 3 is 2.87 bits per heavy atom. The van der Waals surface area contributed by atoms with Crippen LogP contribution in [0.3, 0.4) is 0 Å². The molecule has 1 aromatic carbocycles. The Hall–Kier alpha value is -0.380. The van der Waals surface area contributed by atoms with Gasteiger partial charge in [-0.25, -0.2) is 0 Å². The van der Waals surface area contributed by atoms with E-state index in [1.807, 2.05) is 6.92 Å². The third-order valence-electron chi connectivity index (χ3n) is 1.81. The molecule has 4 heteroatoms. The number of carbonyl (C=O) groups is 1. The average molecular weight is 292 g/mol. The second-order valence-electron chi connectivity index (χ2n) is 3.10. The third kappa shape index (κ3) is 3.93. The van der Waals surface area contributed by atoms with E-state index in [1.165, 1.54) is 0 Å². The van der Waals surface area contributed by atoms with Crippen LogP contribution in [-0.2, 0) is 4.74 Å². The van der Waals surface area contributed by atoms with Gasteiger partial charge in [-0.1, -0.05) is 18.5 Å². The quantitative estimate of drug-likeness (QED) is 0.610. The highest BCUT2D eigenvalue weighted by Crippen LogP contribution is 2.21. The van der Waals surface area contributed by atoms with Gasteiger partial charge in [0.05, 0.1) is 0 Å². The minimum absolute atomic E-state index is 0.0352. The number of hydrogen-bond acceptors (Lipinski definition) is 2. The Bertz CT molecular complexity index is 352. The Labute approximate surface area is 103 Å². The zero-order valence-corrected chi connectivity index (χ0v) is 10.8. The number of Topliss-reactive ketones (excluding diaryl/α,β-unsaturated/α-hetero) is 1. The number of ketones is 1. The van der Waals surface area contributed by atoms with E-state index in [0.717, 1.165) is 6.42 Å². The van der Waals surface area contributed by atoms with Gasteiger partial charge in [-0.05, 0) is 40.5 Å². The van der Waals surface area contributed by atoms with Crippen LogP contribution in [0.15, 0.2) is 22.7 Å². The molecule has 0 bridgehead atoms. The molecule has 0 spiro atoms. The van der Waals surface area contributed by atoms with Gasteiger partial charge in [0.1, 0.15) is 6.61 Å². The summed E-state index contributed by atoms with van der Waals surface area (Å²) in [6.45, 7) is 2.73. The maximum absolute atomic E-state index is 11.7. The summed E-state index contributed by atoms with van der Waals surface area (Å²) in [7, 11) is 0. The predicted molar refractivity (Wildman–Crippen MR) is 64.6 cm³/mol. The van der Waals surface area contributed by atoms with Gasteiger partial charge < -0.3 is 4.74 Å². The van der Waals surface area contributed by atoms with Crippen molar-refractivity contribution in [1.82, 2.24) is 0 Å². The van der Waals surface area contributed by atoms with Crippen LogP contribution in [0.4, 0.5) is 0 Å². The van der Waals surface area contributed by atoms with Gasteiger partial charge in [0.25, 0.3) is 0 Å². The summed E-state index contributed by atoms with van der Waals surface area (Å²) in [5.74, 6) is -0.0352. The first-order valence-electron chi connectivity index (χ1n) is 4.71. The number of rotatable bonds is 5. The average Bonchev–Trinajstić information content (AvgIpc) is 2.17. The van der Waals surface area contributed by atoms with E-state index in [-0.39, 0.29) is 12.4 Å². The number of carbonyl (C=O) groups excluding carboxylic acids is 1. The molecule has 0 saturated heterocycles. The molecule has 15 heavy (non-hydrogen) atoms. The summed E-state index contributed by atoms with van der Waals surface area (Å²) < 4.78 is 5.89. The van der Waals surface area contributed by atoms with Gasteiger partial charge in [0.2, 0.25) is 0 Å². The monoisotopic (exact) mass is 290 g/mol. The smallest absolute Gasteiger partial charge is 0.189 e. The number of halogens is 2. The van der Waals surface area contributed by atoms with Crippen LogP contribution in [0.1, 0.15) is 23.7 Å². The first-order chi connectivity index (χ1) is 7.15. The fourth-order valence-corrected chi connectivity index (χ4v) is 2.01. The van der Waals surface area contributed by atoms with E-state index in [2.05, 4.69) is 15.9 Å². The molecule has 0 radical (unpaired) electrons. The predicted octanol–water partition coefficient (Wildman–Crippen LogP) is 3.71. The lowest BCUT2D eigenvalue weighted by molar-refractivity contribution is 0.0760. The molecule has 0 N–H and O–H groups in total. The third-order valence-corrected chi connectivity index (χ3v) is 2.70. The number of benzene rings is 1. The molecule has 1 aromatic rings. The normalized spacial score (nSPS) is 10.3. The second kappa shape index (κ2) is 6.26. The highest BCUT2D eigenvalue weighted by Gasteiger charge is 2.09. The van der Waals surface area contributed by atoms with Crippen molar-refractivity contribution in [3.05, 3.63) is 33.3 Å². The van der Waals surface area contributed by atoms with Crippen LogP contribution in [-0.4, -0.2) is 19.0 Å². The molecule has 0 saturated carbocycles. The first kappa shape index (κ1) is 12.7. The summed E-state index contributed by atoms with van der Waals surface area (Å²) in [5, 5.41) is 0.605. The summed E-state index contributed by atoms with van der Waals surface area (Å²) in [5.41, 5.74) is 0.607. The maximum atomic E-state index is 11.7. The van der Waals surface area contributed by atoms with Crippen LogP contribution in [0.5, 0.6) is 0 Å². The van der Waals surface area contributed by atoms with Gasteiger partial charge in [0.15, 0.2) is 5.78 Å². The maximum Gasteiger partial charge on any atom is 0.189 e. The highest BCUT2D eigenvalue weighted by atomic mass is 79.9. The summed E-state index contributed by atoms with van der Waals surface area (Å²) in [6, 6.07) is 5.10. The second-order valence-corrected chi connectivity index (χ2v) is 4.39. The Kier molecular flexibility index (Phi) is 5.29. The van der Waals surface area contributed by atoms with Crippen molar-refractivity contribution in [2.45, 2.75) is 13.3 Å². The Balaban J connectivity index is 2.65. The lowest BCUT2D eigenvalue weighted by Gasteiger charge is -2.04. The van der Waals surface area contributed by atoms with Crippen molar-refractivity contribution in [3.63, 3.8) is 0 Å². The lowest BCUT2D eigenvalue weighted by Crippen LogP contribution is -2.10. The van der Waals surface area contributed by atoms with Crippen LogP contribution < -0.4 is 0 Å². The van der Waals surface area contributed by atoms with E-state index in [0.29, 0.717) is 21.7 Å². The van der Waals surface area contributed by atoms with E-state index >= 15 is 0 Å². The minimum atomic E-state index is -0.0352. The van der Waals surface area contributed by atoms with Crippen molar-refractivity contribution in [2.24, 2.45) is 0 Å². The molecule has 0 fully saturated rings. The van der Waals surface area contributed by atoms with E-state index in [1.54, 1.807) is 18.2 Å². The number of ether oxygens (including phenoxy) is 1. The van der Waals surface area contributed by atoms with E-state index in [4.69, 9.17) is 16.3 Å². The van der Waals surface area contributed by atoms with Gasteiger partial charge in [-0.3, -0.25) is 4.79 Å². The van der Waals surface area contributed by atoms with E-state index < -0.39 is 0 Å². The fourth-order valence-electron chi connectivity index (χ4n) is 1.10. The first-order valence-corrected chi connectivity index (χ1v) is 5.88. The van der Waals surface area contributed by atoms with Crippen LogP contribution in [0.2, 0.25) is 5.02 Å². The molecule has 0 unspecified atom stereocenters. The Morgan fingerprint density at radius 2 is 2.27 bits per heavy atom. The molecular weight excluding hydrogens is 279 g/mol. The highest BCUT2D eigenvalue weighted by molar-refractivity contribution is 9.10. The molecule has 0 heterocycles. The van der Waals surface area contributed by atoms with Gasteiger partial charge in [0, 0.05) is 21.7 Å². The van der Waals surface area contributed by atoms with Crippen molar-refractivity contribution in [2.75, 3.05) is 13.2 Å². The van der Waals surface area contributed by atoms with Crippen LogP contribution in [0.25, 0.3) is 0 Å². The summed E-state index contributed by atoms with van der Waals surface area (Å²) in [6.07, 6.45) is 0.912. The van der Waals surface area contributed by atoms with Crippen molar-refractivity contribution in [1.29, 1.82) is 0 Å². The van der Waals surface area contributed by atoms with Gasteiger partial charge >= 0.3 is 0 Å². The molecule has 0 aliphatic heterocycles. The summed E-state index contributed by atoms with van der Waals surface area (Å²) in [4.78, 5) is 11.7. The van der Waals surface area contributed by atoms with Gasteiger partial charge in [-0.15, -0.1) is 0 Å². The van der Waals surface area contributed by atoms with Gasteiger partial charge in [-0.2, -0.15) is 0 Å². The molecule has 1 rings (SSSR count). The lowest BCUT2D eigenvalue weighted by atomic mass is 10.1. The molecule has 0 aromatic heterocycles. The zero-order valence-electron chi connectivity index (χ0n) is 8.43. The molecule has 2 nitrogen and oxygen atoms in total.